The van der Waals surface area contributed by atoms with Crippen molar-refractivity contribution in [3.63, 3.8) is 0 Å². The molecule has 1 saturated carbocycles. The van der Waals surface area contributed by atoms with Crippen molar-refractivity contribution in [2.45, 2.75) is 52.7 Å². The predicted octanol–water partition coefficient (Wildman–Crippen LogP) is 3.39. The molecule has 0 bridgehead atoms. The quantitative estimate of drug-likeness (QED) is 0.883. The van der Waals surface area contributed by atoms with Gasteiger partial charge in [-0.15, -0.1) is 0 Å². The maximum absolute atomic E-state index is 6.17. The molecule has 0 aliphatic heterocycles. The van der Waals surface area contributed by atoms with Gasteiger partial charge in [0.25, 0.3) is 0 Å². The fourth-order valence-corrected chi connectivity index (χ4v) is 3.05. The van der Waals surface area contributed by atoms with E-state index in [4.69, 9.17) is 4.74 Å². The van der Waals surface area contributed by atoms with Gasteiger partial charge in [0.15, 0.2) is 0 Å². The zero-order valence-corrected chi connectivity index (χ0v) is 12.4. The summed E-state index contributed by atoms with van der Waals surface area (Å²) >= 11 is 0. The molecule has 0 spiro atoms. The van der Waals surface area contributed by atoms with E-state index in [1.807, 2.05) is 12.3 Å². The summed E-state index contributed by atoms with van der Waals surface area (Å²) in [6, 6.07) is 4.08. The van der Waals surface area contributed by atoms with Gasteiger partial charge in [-0.1, -0.05) is 26.8 Å². The molecule has 2 rings (SSSR count). The van der Waals surface area contributed by atoms with Crippen LogP contribution in [0.3, 0.4) is 0 Å². The summed E-state index contributed by atoms with van der Waals surface area (Å²) in [6.07, 6.45) is 5.78. The topological polar surface area (TPSA) is 34.2 Å². The van der Waals surface area contributed by atoms with Gasteiger partial charge < -0.3 is 10.1 Å². The van der Waals surface area contributed by atoms with Gasteiger partial charge in [-0.05, 0) is 43.7 Å². The molecule has 2 atom stereocenters. The SMILES string of the molecule is CCNCc1cccnc1OC1CC(C)CC(C)C1. The van der Waals surface area contributed by atoms with E-state index in [0.29, 0.717) is 6.10 Å². The highest BCUT2D eigenvalue weighted by Gasteiger charge is 2.26. The summed E-state index contributed by atoms with van der Waals surface area (Å²) in [5, 5.41) is 3.34. The van der Waals surface area contributed by atoms with Crippen LogP contribution in [0.2, 0.25) is 0 Å². The number of aromatic nitrogens is 1. The Kier molecular flexibility index (Phi) is 5.20. The Hall–Kier alpha value is -1.09. The fraction of sp³-hybridized carbons (Fsp3) is 0.688. The lowest BCUT2D eigenvalue weighted by Gasteiger charge is -2.31. The first-order chi connectivity index (χ1) is 9.19. The Morgan fingerprint density at radius 1 is 1.26 bits per heavy atom. The standard InChI is InChI=1S/C16H26N2O/c1-4-17-11-14-6-5-7-18-16(14)19-15-9-12(2)8-13(3)10-15/h5-7,12-13,15,17H,4,8-11H2,1-3H3. The maximum Gasteiger partial charge on any atom is 0.218 e. The molecular weight excluding hydrogens is 236 g/mol. The summed E-state index contributed by atoms with van der Waals surface area (Å²) in [5.74, 6) is 2.33. The molecule has 0 radical (unpaired) electrons. The summed E-state index contributed by atoms with van der Waals surface area (Å²) in [7, 11) is 0. The average Bonchev–Trinajstić information content (AvgIpc) is 2.36. The smallest absolute Gasteiger partial charge is 0.218 e. The molecule has 1 N–H and O–H groups in total. The Morgan fingerprint density at radius 2 is 2.00 bits per heavy atom. The second kappa shape index (κ2) is 6.90. The predicted molar refractivity (Wildman–Crippen MR) is 78.2 cm³/mol. The summed E-state index contributed by atoms with van der Waals surface area (Å²) in [4.78, 5) is 4.41. The first kappa shape index (κ1) is 14.3. The molecule has 1 aliphatic rings. The third-order valence-electron chi connectivity index (χ3n) is 3.83. The second-order valence-electron chi connectivity index (χ2n) is 5.91. The van der Waals surface area contributed by atoms with Crippen molar-refractivity contribution in [1.29, 1.82) is 0 Å². The Balaban J connectivity index is 2.01. The van der Waals surface area contributed by atoms with Crippen molar-refractivity contribution in [2.75, 3.05) is 6.54 Å². The molecule has 1 aromatic rings. The monoisotopic (exact) mass is 262 g/mol. The van der Waals surface area contributed by atoms with Crippen LogP contribution in [0.4, 0.5) is 0 Å². The van der Waals surface area contributed by atoms with Crippen LogP contribution in [-0.2, 0) is 6.54 Å². The molecule has 1 aromatic heterocycles. The number of hydrogen-bond donors (Lipinski definition) is 1. The van der Waals surface area contributed by atoms with Gasteiger partial charge in [-0.25, -0.2) is 4.98 Å². The van der Waals surface area contributed by atoms with Gasteiger partial charge in [-0.2, -0.15) is 0 Å². The van der Waals surface area contributed by atoms with Crippen molar-refractivity contribution in [2.24, 2.45) is 11.8 Å². The van der Waals surface area contributed by atoms with E-state index in [1.54, 1.807) is 0 Å². The molecule has 0 aromatic carbocycles. The van der Waals surface area contributed by atoms with Crippen LogP contribution < -0.4 is 10.1 Å². The number of nitrogens with one attached hydrogen (secondary N) is 1. The molecule has 1 fully saturated rings. The van der Waals surface area contributed by atoms with E-state index in [2.05, 4.69) is 37.1 Å². The zero-order valence-electron chi connectivity index (χ0n) is 12.4. The number of pyridine rings is 1. The van der Waals surface area contributed by atoms with Crippen LogP contribution in [0.25, 0.3) is 0 Å². The average molecular weight is 262 g/mol. The first-order valence-corrected chi connectivity index (χ1v) is 7.50. The minimum absolute atomic E-state index is 0.328. The highest BCUT2D eigenvalue weighted by Crippen LogP contribution is 2.31. The van der Waals surface area contributed by atoms with E-state index in [1.165, 1.54) is 6.42 Å². The zero-order chi connectivity index (χ0) is 13.7. The van der Waals surface area contributed by atoms with Crippen LogP contribution in [0.5, 0.6) is 5.88 Å². The van der Waals surface area contributed by atoms with Gasteiger partial charge in [0, 0.05) is 18.3 Å². The van der Waals surface area contributed by atoms with E-state index in [-0.39, 0.29) is 0 Å². The van der Waals surface area contributed by atoms with Gasteiger partial charge in [0.2, 0.25) is 5.88 Å². The lowest BCUT2D eigenvalue weighted by atomic mass is 9.82. The molecule has 3 nitrogen and oxygen atoms in total. The summed E-state index contributed by atoms with van der Waals surface area (Å²) in [6.45, 7) is 8.55. The van der Waals surface area contributed by atoms with E-state index in [0.717, 1.165) is 49.2 Å². The number of hydrogen-bond acceptors (Lipinski definition) is 3. The minimum Gasteiger partial charge on any atom is -0.474 e. The van der Waals surface area contributed by atoms with Crippen molar-refractivity contribution < 1.29 is 4.74 Å². The van der Waals surface area contributed by atoms with Gasteiger partial charge in [-0.3, -0.25) is 0 Å². The molecule has 0 amide bonds. The fourth-order valence-electron chi connectivity index (χ4n) is 3.05. The Labute approximate surface area is 116 Å². The maximum atomic E-state index is 6.17. The first-order valence-electron chi connectivity index (χ1n) is 7.50. The highest BCUT2D eigenvalue weighted by molar-refractivity contribution is 5.25. The largest absolute Gasteiger partial charge is 0.474 e. The minimum atomic E-state index is 0.328. The molecule has 19 heavy (non-hydrogen) atoms. The molecule has 0 saturated heterocycles. The number of rotatable bonds is 5. The Morgan fingerprint density at radius 3 is 2.68 bits per heavy atom. The number of ether oxygens (including phenoxy) is 1. The normalized spacial score (nSPS) is 27.2. The van der Waals surface area contributed by atoms with Crippen LogP contribution in [0, 0.1) is 11.8 Å². The summed E-state index contributed by atoms with van der Waals surface area (Å²) < 4.78 is 6.17. The van der Waals surface area contributed by atoms with E-state index < -0.39 is 0 Å². The van der Waals surface area contributed by atoms with Crippen LogP contribution in [0.15, 0.2) is 18.3 Å². The molecule has 2 unspecified atom stereocenters. The third kappa shape index (κ3) is 4.20. The third-order valence-corrected chi connectivity index (χ3v) is 3.83. The lowest BCUT2D eigenvalue weighted by molar-refractivity contribution is 0.0955. The molecule has 106 valence electrons. The molecule has 1 aliphatic carbocycles. The molecular formula is C16H26N2O. The number of nitrogens with zero attached hydrogens (tertiary/aromatic N) is 1. The van der Waals surface area contributed by atoms with Crippen LogP contribution in [0.1, 0.15) is 45.6 Å². The molecule has 1 heterocycles. The van der Waals surface area contributed by atoms with Gasteiger partial charge in [0.05, 0.1) is 0 Å². The second-order valence-corrected chi connectivity index (χ2v) is 5.91. The summed E-state index contributed by atoms with van der Waals surface area (Å²) in [5.41, 5.74) is 1.16. The van der Waals surface area contributed by atoms with Crippen molar-refractivity contribution in [3.05, 3.63) is 23.9 Å². The van der Waals surface area contributed by atoms with Crippen LogP contribution >= 0.6 is 0 Å². The van der Waals surface area contributed by atoms with Gasteiger partial charge >= 0.3 is 0 Å². The van der Waals surface area contributed by atoms with E-state index in [9.17, 15) is 0 Å². The van der Waals surface area contributed by atoms with Crippen molar-refractivity contribution in [1.82, 2.24) is 10.3 Å². The van der Waals surface area contributed by atoms with Crippen molar-refractivity contribution in [3.8, 4) is 5.88 Å². The van der Waals surface area contributed by atoms with E-state index >= 15 is 0 Å². The molecule has 3 heteroatoms. The van der Waals surface area contributed by atoms with Crippen LogP contribution in [-0.4, -0.2) is 17.6 Å². The van der Waals surface area contributed by atoms with Crippen molar-refractivity contribution >= 4 is 0 Å². The van der Waals surface area contributed by atoms with Gasteiger partial charge in [0.1, 0.15) is 6.10 Å². The Bertz CT molecular complexity index is 384. The lowest BCUT2D eigenvalue weighted by Crippen LogP contribution is -2.29. The highest BCUT2D eigenvalue weighted by atomic mass is 16.5.